The van der Waals surface area contributed by atoms with Crippen LogP contribution in [0.25, 0.3) is 0 Å². The standard InChI is InChI=1S/C32H58O8/c1-23(2)27(35)39-29(5,6)19-15-13-17-25(33)37-31(9,10)21-22-32(11,12)38-26(34)18-14-16-20-30(7,8)40-28(36)24(3)4/h23-24H,13-22H2,1-12H3. The molecule has 0 aromatic heterocycles. The second-order valence-corrected chi connectivity index (χ2v) is 14.1. The van der Waals surface area contributed by atoms with E-state index in [1.54, 1.807) is 27.7 Å². The van der Waals surface area contributed by atoms with Crippen LogP contribution >= 0.6 is 0 Å². The van der Waals surface area contributed by atoms with E-state index in [0.717, 1.165) is 12.8 Å². The van der Waals surface area contributed by atoms with Crippen LogP contribution in [0.4, 0.5) is 0 Å². The molecule has 0 rings (SSSR count). The summed E-state index contributed by atoms with van der Waals surface area (Å²) in [6.07, 6.45) is 5.83. The molecule has 40 heavy (non-hydrogen) atoms. The zero-order valence-electron chi connectivity index (χ0n) is 27.5. The smallest absolute Gasteiger partial charge is 0.308 e. The second kappa shape index (κ2) is 16.4. The highest BCUT2D eigenvalue weighted by Gasteiger charge is 2.30. The van der Waals surface area contributed by atoms with Gasteiger partial charge in [-0.1, -0.05) is 27.7 Å². The maximum atomic E-state index is 12.4. The number of carbonyl (C=O) groups excluding carboxylic acids is 4. The van der Waals surface area contributed by atoms with Gasteiger partial charge in [-0.15, -0.1) is 0 Å². The first-order valence-electron chi connectivity index (χ1n) is 15.0. The van der Waals surface area contributed by atoms with Crippen molar-refractivity contribution >= 4 is 23.9 Å². The molecule has 0 aliphatic heterocycles. The van der Waals surface area contributed by atoms with Gasteiger partial charge in [0.2, 0.25) is 0 Å². The summed E-state index contributed by atoms with van der Waals surface area (Å²) in [5.74, 6) is -1.30. The zero-order chi connectivity index (χ0) is 31.4. The second-order valence-electron chi connectivity index (χ2n) is 14.1. The highest BCUT2D eigenvalue weighted by molar-refractivity contribution is 5.72. The normalized spacial score (nSPS) is 12.8. The molecule has 0 aliphatic rings. The number of esters is 4. The van der Waals surface area contributed by atoms with Gasteiger partial charge in [0.05, 0.1) is 11.8 Å². The predicted octanol–water partition coefficient (Wildman–Crippen LogP) is 7.49. The van der Waals surface area contributed by atoms with Crippen LogP contribution < -0.4 is 0 Å². The van der Waals surface area contributed by atoms with E-state index in [9.17, 15) is 19.2 Å². The maximum Gasteiger partial charge on any atom is 0.308 e. The molecule has 0 aliphatic carbocycles. The van der Waals surface area contributed by atoms with E-state index in [1.165, 1.54) is 0 Å². The Bertz CT molecular complexity index is 753. The van der Waals surface area contributed by atoms with Gasteiger partial charge in [0.25, 0.3) is 0 Å². The molecule has 0 N–H and O–H groups in total. The lowest BCUT2D eigenvalue weighted by Gasteiger charge is -2.31. The molecule has 0 amide bonds. The minimum atomic E-state index is -0.689. The number of unbranched alkanes of at least 4 members (excludes halogenated alkanes) is 2. The van der Waals surface area contributed by atoms with Crippen molar-refractivity contribution in [1.82, 2.24) is 0 Å². The third-order valence-electron chi connectivity index (χ3n) is 6.63. The Kier molecular flexibility index (Phi) is 15.5. The Morgan fingerprint density at radius 2 is 0.725 bits per heavy atom. The molecule has 8 nitrogen and oxygen atoms in total. The number of hydrogen-bond acceptors (Lipinski definition) is 8. The molecule has 0 bridgehead atoms. The number of ether oxygens (including phenoxy) is 4. The fourth-order valence-corrected chi connectivity index (χ4v) is 3.95. The third kappa shape index (κ3) is 18.3. The Hall–Kier alpha value is -2.12. The zero-order valence-corrected chi connectivity index (χ0v) is 27.5. The van der Waals surface area contributed by atoms with Crippen molar-refractivity contribution in [3.8, 4) is 0 Å². The molecule has 0 aromatic carbocycles. The van der Waals surface area contributed by atoms with Crippen molar-refractivity contribution in [3.63, 3.8) is 0 Å². The maximum absolute atomic E-state index is 12.4. The first-order chi connectivity index (χ1) is 18.1. The molecule has 0 heterocycles. The van der Waals surface area contributed by atoms with Gasteiger partial charge in [-0.25, -0.2) is 0 Å². The Morgan fingerprint density at radius 1 is 0.450 bits per heavy atom. The molecular weight excluding hydrogens is 512 g/mol. The molecule has 8 heteroatoms. The van der Waals surface area contributed by atoms with Crippen molar-refractivity contribution in [1.29, 1.82) is 0 Å². The van der Waals surface area contributed by atoms with Gasteiger partial charge in [0, 0.05) is 12.8 Å². The van der Waals surface area contributed by atoms with Crippen molar-refractivity contribution in [2.75, 3.05) is 0 Å². The molecule has 0 saturated carbocycles. The molecule has 0 fully saturated rings. The fraction of sp³-hybridized carbons (Fsp3) is 0.875. The fourth-order valence-electron chi connectivity index (χ4n) is 3.95. The van der Waals surface area contributed by atoms with E-state index in [-0.39, 0.29) is 35.7 Å². The molecule has 234 valence electrons. The number of hydrogen-bond donors (Lipinski definition) is 0. The van der Waals surface area contributed by atoms with Crippen LogP contribution in [0.5, 0.6) is 0 Å². The summed E-state index contributed by atoms with van der Waals surface area (Å²) in [6, 6.07) is 0. The van der Waals surface area contributed by atoms with Gasteiger partial charge >= 0.3 is 23.9 Å². The van der Waals surface area contributed by atoms with Crippen molar-refractivity contribution in [3.05, 3.63) is 0 Å². The van der Waals surface area contributed by atoms with Gasteiger partial charge in [-0.05, 0) is 107 Å². The summed E-state index contributed by atoms with van der Waals surface area (Å²) in [6.45, 7) is 22.2. The van der Waals surface area contributed by atoms with Gasteiger partial charge in [0.1, 0.15) is 22.4 Å². The Balaban J connectivity index is 4.38. The van der Waals surface area contributed by atoms with Crippen LogP contribution in [-0.4, -0.2) is 46.3 Å². The summed E-state index contributed by atoms with van der Waals surface area (Å²) in [5.41, 5.74) is -2.50. The monoisotopic (exact) mass is 570 g/mol. The minimum Gasteiger partial charge on any atom is -0.460 e. The lowest BCUT2D eigenvalue weighted by Crippen LogP contribution is -2.34. The average molecular weight is 571 g/mol. The molecule has 0 unspecified atom stereocenters. The lowest BCUT2D eigenvalue weighted by molar-refractivity contribution is -0.164. The van der Waals surface area contributed by atoms with Crippen molar-refractivity contribution < 1.29 is 38.1 Å². The van der Waals surface area contributed by atoms with Crippen LogP contribution in [0, 0.1) is 11.8 Å². The van der Waals surface area contributed by atoms with E-state index in [0.29, 0.717) is 51.4 Å². The van der Waals surface area contributed by atoms with Crippen LogP contribution in [-0.2, 0) is 38.1 Å². The van der Waals surface area contributed by atoms with Gasteiger partial charge in [0.15, 0.2) is 0 Å². The molecule has 0 atom stereocenters. The van der Waals surface area contributed by atoms with Crippen LogP contribution in [0.1, 0.15) is 147 Å². The van der Waals surface area contributed by atoms with Crippen LogP contribution in [0.2, 0.25) is 0 Å². The van der Waals surface area contributed by atoms with Gasteiger partial charge in [-0.3, -0.25) is 19.2 Å². The third-order valence-corrected chi connectivity index (χ3v) is 6.63. The highest BCUT2D eigenvalue weighted by Crippen LogP contribution is 2.27. The predicted molar refractivity (Wildman–Crippen MR) is 157 cm³/mol. The molecule has 0 saturated heterocycles. The Morgan fingerprint density at radius 3 is 1.00 bits per heavy atom. The van der Waals surface area contributed by atoms with E-state index in [2.05, 4.69) is 0 Å². The average Bonchev–Trinajstić information content (AvgIpc) is 2.77. The first kappa shape index (κ1) is 37.9. The van der Waals surface area contributed by atoms with E-state index in [4.69, 9.17) is 18.9 Å². The first-order valence-corrected chi connectivity index (χ1v) is 15.0. The molecule has 0 aromatic rings. The number of carbonyl (C=O) groups is 4. The highest BCUT2D eigenvalue weighted by atomic mass is 16.6. The molecule has 0 spiro atoms. The summed E-state index contributed by atoms with van der Waals surface area (Å²) in [5, 5.41) is 0. The number of rotatable bonds is 19. The van der Waals surface area contributed by atoms with Gasteiger partial charge in [-0.2, -0.15) is 0 Å². The summed E-state index contributed by atoms with van der Waals surface area (Å²) < 4.78 is 22.5. The van der Waals surface area contributed by atoms with Crippen LogP contribution in [0.15, 0.2) is 0 Å². The summed E-state index contributed by atoms with van der Waals surface area (Å²) in [7, 11) is 0. The van der Waals surface area contributed by atoms with Crippen molar-refractivity contribution in [2.45, 2.75) is 170 Å². The Labute approximate surface area is 243 Å². The minimum absolute atomic E-state index is 0.170. The SMILES string of the molecule is CC(C)C(=O)OC(C)(C)CCCCC(=O)OC(C)(C)CCC(C)(C)OC(=O)CCCCC(C)(C)OC(=O)C(C)C. The van der Waals surface area contributed by atoms with E-state index < -0.39 is 22.4 Å². The van der Waals surface area contributed by atoms with E-state index in [1.807, 2.05) is 55.4 Å². The largest absolute Gasteiger partial charge is 0.460 e. The van der Waals surface area contributed by atoms with Crippen molar-refractivity contribution in [2.24, 2.45) is 11.8 Å². The quantitative estimate of drug-likeness (QED) is 0.0893. The summed E-state index contributed by atoms with van der Waals surface area (Å²) in [4.78, 5) is 48.6. The molecule has 0 radical (unpaired) electrons. The van der Waals surface area contributed by atoms with E-state index >= 15 is 0 Å². The topological polar surface area (TPSA) is 105 Å². The molecular formula is C32H58O8. The van der Waals surface area contributed by atoms with Crippen LogP contribution in [0.3, 0.4) is 0 Å². The van der Waals surface area contributed by atoms with Gasteiger partial charge < -0.3 is 18.9 Å². The summed E-state index contributed by atoms with van der Waals surface area (Å²) >= 11 is 0. The lowest BCUT2D eigenvalue weighted by atomic mass is 9.93.